The van der Waals surface area contributed by atoms with Crippen molar-refractivity contribution in [1.29, 1.82) is 0 Å². The number of nitrogens with one attached hydrogen (secondary N) is 1. The number of carboxylic acids is 1. The normalized spacial score (nSPS) is 18.8. The van der Waals surface area contributed by atoms with Gasteiger partial charge in [0, 0.05) is 6.42 Å². The first-order valence-corrected chi connectivity index (χ1v) is 6.42. The average molecular weight is 241 g/mol. The van der Waals surface area contributed by atoms with Gasteiger partial charge in [-0.3, -0.25) is 4.79 Å². The minimum atomic E-state index is -0.905. The van der Waals surface area contributed by atoms with Crippen molar-refractivity contribution in [2.45, 2.75) is 52.5 Å². The van der Waals surface area contributed by atoms with Crippen LogP contribution in [0, 0.1) is 17.8 Å². The van der Waals surface area contributed by atoms with Crippen LogP contribution in [0.1, 0.15) is 46.5 Å². The molecule has 0 radical (unpaired) electrons. The maximum Gasteiger partial charge on any atom is 0.326 e. The van der Waals surface area contributed by atoms with Crippen LogP contribution in [0.5, 0.6) is 0 Å². The third-order valence-corrected chi connectivity index (χ3v) is 3.08. The molecular formula is C13H23NO3. The van der Waals surface area contributed by atoms with Gasteiger partial charge < -0.3 is 10.4 Å². The number of rotatable bonds is 7. The first-order chi connectivity index (χ1) is 7.90. The Labute approximate surface area is 103 Å². The van der Waals surface area contributed by atoms with Crippen LogP contribution in [-0.4, -0.2) is 23.0 Å². The Morgan fingerprint density at radius 2 is 1.88 bits per heavy atom. The second-order valence-electron chi connectivity index (χ2n) is 5.66. The summed E-state index contributed by atoms with van der Waals surface area (Å²) in [5, 5.41) is 11.6. The molecule has 1 amide bonds. The molecule has 0 saturated heterocycles. The van der Waals surface area contributed by atoms with Crippen LogP contribution in [0.25, 0.3) is 0 Å². The Morgan fingerprint density at radius 3 is 2.29 bits per heavy atom. The molecule has 2 unspecified atom stereocenters. The molecule has 2 N–H and O–H groups in total. The highest BCUT2D eigenvalue weighted by atomic mass is 16.4. The van der Waals surface area contributed by atoms with E-state index in [2.05, 4.69) is 19.2 Å². The van der Waals surface area contributed by atoms with E-state index in [0.717, 1.165) is 19.3 Å². The zero-order chi connectivity index (χ0) is 13.0. The van der Waals surface area contributed by atoms with Crippen molar-refractivity contribution in [3.8, 4) is 0 Å². The van der Waals surface area contributed by atoms with Crippen molar-refractivity contribution in [3.05, 3.63) is 0 Å². The Kier molecular flexibility index (Phi) is 4.97. The van der Waals surface area contributed by atoms with E-state index in [1.165, 1.54) is 0 Å². The van der Waals surface area contributed by atoms with Crippen molar-refractivity contribution >= 4 is 11.9 Å². The number of hydrogen-bond donors (Lipinski definition) is 2. The van der Waals surface area contributed by atoms with E-state index in [9.17, 15) is 9.59 Å². The Bertz CT molecular complexity index is 284. The average Bonchev–Trinajstić information content (AvgIpc) is 2.94. The van der Waals surface area contributed by atoms with E-state index in [1.807, 2.05) is 6.92 Å². The van der Waals surface area contributed by atoms with Crippen LogP contribution in [0.15, 0.2) is 0 Å². The molecule has 0 aromatic carbocycles. The van der Waals surface area contributed by atoms with Gasteiger partial charge in [-0.25, -0.2) is 4.79 Å². The van der Waals surface area contributed by atoms with Crippen LogP contribution in [-0.2, 0) is 9.59 Å². The van der Waals surface area contributed by atoms with Gasteiger partial charge in [-0.2, -0.15) is 0 Å². The second kappa shape index (κ2) is 6.03. The Hall–Kier alpha value is -1.06. The second-order valence-corrected chi connectivity index (χ2v) is 5.66. The number of carboxylic acid groups (broad SMARTS) is 1. The third-order valence-electron chi connectivity index (χ3n) is 3.08. The highest BCUT2D eigenvalue weighted by molar-refractivity contribution is 5.84. The van der Waals surface area contributed by atoms with E-state index >= 15 is 0 Å². The molecule has 0 bridgehead atoms. The first kappa shape index (κ1) is 14.0. The molecule has 4 heteroatoms. The predicted molar refractivity (Wildman–Crippen MR) is 65.5 cm³/mol. The molecule has 0 aromatic rings. The minimum Gasteiger partial charge on any atom is -0.480 e. The summed E-state index contributed by atoms with van der Waals surface area (Å²) in [5.41, 5.74) is 0. The van der Waals surface area contributed by atoms with Gasteiger partial charge in [0.25, 0.3) is 0 Å². The van der Waals surface area contributed by atoms with Gasteiger partial charge >= 0.3 is 5.97 Å². The van der Waals surface area contributed by atoms with E-state index in [-0.39, 0.29) is 11.8 Å². The summed E-state index contributed by atoms with van der Waals surface area (Å²) in [4.78, 5) is 22.7. The summed E-state index contributed by atoms with van der Waals surface area (Å²) in [6.45, 7) is 6.28. The van der Waals surface area contributed by atoms with Crippen molar-refractivity contribution in [1.82, 2.24) is 5.32 Å². The highest BCUT2D eigenvalue weighted by Crippen LogP contribution is 2.32. The molecule has 17 heavy (non-hydrogen) atoms. The van der Waals surface area contributed by atoms with Gasteiger partial charge in [-0.05, 0) is 37.0 Å². The molecule has 98 valence electrons. The number of carbonyl (C=O) groups excluding carboxylic acids is 1. The molecule has 1 aliphatic carbocycles. The van der Waals surface area contributed by atoms with E-state index in [1.54, 1.807) is 0 Å². The van der Waals surface area contributed by atoms with Crippen molar-refractivity contribution in [3.63, 3.8) is 0 Å². The van der Waals surface area contributed by atoms with Gasteiger partial charge in [0.1, 0.15) is 6.04 Å². The molecule has 4 nitrogen and oxygen atoms in total. The number of carbonyl (C=O) groups is 2. The summed E-state index contributed by atoms with van der Waals surface area (Å²) in [7, 11) is 0. The fraction of sp³-hybridized carbons (Fsp3) is 0.846. The summed E-state index contributed by atoms with van der Waals surface area (Å²) in [6, 6.07) is -0.672. The maximum absolute atomic E-state index is 11.7. The molecule has 1 fully saturated rings. The predicted octanol–water partition coefficient (Wildman–Crippen LogP) is 2.04. The van der Waals surface area contributed by atoms with E-state index in [0.29, 0.717) is 18.3 Å². The van der Waals surface area contributed by atoms with Gasteiger partial charge in [-0.1, -0.05) is 20.8 Å². The molecule has 0 heterocycles. The zero-order valence-corrected chi connectivity index (χ0v) is 10.9. The maximum atomic E-state index is 11.7. The minimum absolute atomic E-state index is 0.127. The molecular weight excluding hydrogens is 218 g/mol. The molecule has 1 aliphatic rings. The van der Waals surface area contributed by atoms with Gasteiger partial charge in [-0.15, -0.1) is 0 Å². The van der Waals surface area contributed by atoms with Crippen LogP contribution in [0.3, 0.4) is 0 Å². The number of aliphatic carboxylic acids is 1. The zero-order valence-electron chi connectivity index (χ0n) is 10.9. The lowest BCUT2D eigenvalue weighted by Gasteiger charge is -2.17. The summed E-state index contributed by atoms with van der Waals surface area (Å²) >= 11 is 0. The van der Waals surface area contributed by atoms with Crippen LogP contribution >= 0.6 is 0 Å². The van der Waals surface area contributed by atoms with Gasteiger partial charge in [0.05, 0.1) is 0 Å². The Balaban J connectivity index is 2.34. The van der Waals surface area contributed by atoms with Crippen molar-refractivity contribution < 1.29 is 14.7 Å². The molecule has 0 aliphatic heterocycles. The van der Waals surface area contributed by atoms with Gasteiger partial charge in [0.2, 0.25) is 5.91 Å². The highest BCUT2D eigenvalue weighted by Gasteiger charge is 2.37. The first-order valence-electron chi connectivity index (χ1n) is 6.42. The van der Waals surface area contributed by atoms with Gasteiger partial charge in [0.15, 0.2) is 0 Å². The fourth-order valence-electron chi connectivity index (χ4n) is 2.25. The molecule has 1 rings (SSSR count). The molecule has 0 aromatic heterocycles. The van der Waals surface area contributed by atoms with Crippen LogP contribution < -0.4 is 5.32 Å². The standard InChI is InChI=1S/C13H23NO3/c1-8(2)6-9(3)7-11(15)14-12(13(16)17)10-4-5-10/h8-10,12H,4-7H2,1-3H3,(H,14,15)(H,16,17). The smallest absolute Gasteiger partial charge is 0.326 e. The fourth-order valence-corrected chi connectivity index (χ4v) is 2.25. The van der Waals surface area contributed by atoms with E-state index < -0.39 is 12.0 Å². The quantitative estimate of drug-likeness (QED) is 0.716. The summed E-state index contributed by atoms with van der Waals surface area (Å²) < 4.78 is 0. The van der Waals surface area contributed by atoms with Crippen LogP contribution in [0.2, 0.25) is 0 Å². The largest absolute Gasteiger partial charge is 0.480 e. The van der Waals surface area contributed by atoms with Crippen molar-refractivity contribution in [2.24, 2.45) is 17.8 Å². The summed E-state index contributed by atoms with van der Waals surface area (Å²) in [5.74, 6) is -0.00758. The van der Waals surface area contributed by atoms with E-state index in [4.69, 9.17) is 5.11 Å². The number of amides is 1. The molecule has 0 spiro atoms. The van der Waals surface area contributed by atoms with Crippen LogP contribution in [0.4, 0.5) is 0 Å². The lowest BCUT2D eigenvalue weighted by Crippen LogP contribution is -2.42. The lowest BCUT2D eigenvalue weighted by molar-refractivity contribution is -0.142. The molecule has 2 atom stereocenters. The Morgan fingerprint density at radius 1 is 1.29 bits per heavy atom. The van der Waals surface area contributed by atoms with Crippen molar-refractivity contribution in [2.75, 3.05) is 0 Å². The topological polar surface area (TPSA) is 66.4 Å². The monoisotopic (exact) mass is 241 g/mol. The lowest BCUT2D eigenvalue weighted by atomic mass is 9.95. The third kappa shape index (κ3) is 5.20. The number of hydrogen-bond acceptors (Lipinski definition) is 2. The molecule has 1 saturated carbocycles. The SMILES string of the molecule is CC(C)CC(C)CC(=O)NC(C(=O)O)C1CC1. The summed E-state index contributed by atoms with van der Waals surface area (Å²) in [6.07, 6.45) is 3.25.